The molecule has 0 heterocycles. The average molecular weight is 1290 g/mol. The summed E-state index contributed by atoms with van der Waals surface area (Å²) in [4.78, 5) is 0. The molecule has 0 radical (unpaired) electrons. The van der Waals surface area contributed by atoms with Crippen molar-refractivity contribution in [3.8, 4) is 35.1 Å². The minimum atomic E-state index is 0.485. The van der Waals surface area contributed by atoms with E-state index in [2.05, 4.69) is 104 Å². The topological polar surface area (TPSA) is 84.5 Å². The second-order valence-corrected chi connectivity index (χ2v) is 28.6. The SMILES string of the molecule is CCCCCCCCC(CCCCCC)COc1ccc(OCC(CCCCCC)CCCCCCCC)c(/C=C(\C#N)c2ccc(/C(C#N)=C/c3cc(OCC(CCCCCC)CCCCCCCC)ccc3OCC(CCCCCC)CCCCCCCC)cc2)c1. The average Bonchev–Trinajstić information content (AvgIpc) is 0.887. The van der Waals surface area contributed by atoms with E-state index in [-0.39, 0.29) is 0 Å². The van der Waals surface area contributed by atoms with Crippen LogP contribution in [0.5, 0.6) is 23.0 Å². The number of benzene rings is 3. The molecule has 0 saturated carbocycles. The molecule has 0 aliphatic rings. The van der Waals surface area contributed by atoms with Crippen molar-refractivity contribution in [2.45, 2.75) is 364 Å². The molecule has 0 spiro atoms. The molecule has 0 amide bonds. The van der Waals surface area contributed by atoms with E-state index >= 15 is 0 Å². The minimum absolute atomic E-state index is 0.485. The summed E-state index contributed by atoms with van der Waals surface area (Å²) in [6.07, 6.45) is 65.0. The molecule has 3 aromatic carbocycles. The predicted molar refractivity (Wildman–Crippen MR) is 409 cm³/mol. The Morgan fingerprint density at radius 3 is 0.734 bits per heavy atom. The van der Waals surface area contributed by atoms with Gasteiger partial charge in [-0.25, -0.2) is 0 Å². The van der Waals surface area contributed by atoms with Crippen LogP contribution >= 0.6 is 0 Å². The van der Waals surface area contributed by atoms with Gasteiger partial charge in [0, 0.05) is 11.1 Å². The Morgan fingerprint density at radius 1 is 0.287 bits per heavy atom. The molecule has 0 aromatic heterocycles. The van der Waals surface area contributed by atoms with Crippen LogP contribution in [-0.2, 0) is 0 Å². The maximum absolute atomic E-state index is 11.1. The fourth-order valence-electron chi connectivity index (χ4n) is 13.6. The van der Waals surface area contributed by atoms with Crippen LogP contribution in [0.4, 0.5) is 0 Å². The molecule has 6 heteroatoms. The van der Waals surface area contributed by atoms with Crippen LogP contribution in [0.15, 0.2) is 60.7 Å². The number of nitrogens with zero attached hydrogens (tertiary/aromatic N) is 2. The standard InChI is InChI=1S/C88H144N2O4/c1-9-17-25-33-37-45-53-75(49-41-29-21-13-5)71-91-85-61-63-87(93-73-77(51-43-31-23-15-7)55-47-39-35-27-19-11-3)81(67-85)65-83(69-89)79-57-59-80(60-58-79)84(70-90)66-82-68-86(92-72-76(50-42-30-22-14-6)54-46-38-34-26-18-10-2)62-64-88(82)94-74-78(52-44-32-24-16-8)56-48-40-36-28-20-12-4/h57-68,75-78H,9-56,71-74H2,1-8H3/b83-65+,84-66+. The number of ether oxygens (including phenoxy) is 4. The van der Waals surface area contributed by atoms with Crippen molar-refractivity contribution in [2.24, 2.45) is 23.7 Å². The van der Waals surface area contributed by atoms with Gasteiger partial charge in [0.2, 0.25) is 0 Å². The Balaban J connectivity index is 2.08. The van der Waals surface area contributed by atoms with Crippen LogP contribution in [0.25, 0.3) is 23.3 Å². The number of hydrogen-bond acceptors (Lipinski definition) is 6. The molecule has 0 aliphatic carbocycles. The number of nitriles is 2. The maximum Gasteiger partial charge on any atom is 0.126 e. The van der Waals surface area contributed by atoms with Crippen molar-refractivity contribution >= 4 is 23.3 Å². The molecule has 0 aliphatic heterocycles. The molecular weight excluding hydrogens is 1150 g/mol. The summed E-state index contributed by atoms with van der Waals surface area (Å²) in [6, 6.07) is 25.8. The predicted octanol–water partition coefficient (Wildman–Crippen LogP) is 28.7. The molecule has 4 atom stereocenters. The Kier molecular flexibility index (Phi) is 52.0. The van der Waals surface area contributed by atoms with Crippen molar-refractivity contribution in [3.63, 3.8) is 0 Å². The van der Waals surface area contributed by atoms with Crippen LogP contribution < -0.4 is 18.9 Å². The first-order valence-corrected chi connectivity index (χ1v) is 40.4. The van der Waals surface area contributed by atoms with Gasteiger partial charge in [0.05, 0.1) is 49.7 Å². The molecule has 0 saturated heterocycles. The van der Waals surface area contributed by atoms with E-state index in [4.69, 9.17) is 18.9 Å². The van der Waals surface area contributed by atoms with E-state index in [0.717, 1.165) is 45.3 Å². The molecule has 0 bridgehead atoms. The fourth-order valence-corrected chi connectivity index (χ4v) is 13.6. The van der Waals surface area contributed by atoms with Gasteiger partial charge in [-0.15, -0.1) is 0 Å². The van der Waals surface area contributed by atoms with Gasteiger partial charge in [-0.2, -0.15) is 10.5 Å². The highest BCUT2D eigenvalue weighted by Gasteiger charge is 2.19. The lowest BCUT2D eigenvalue weighted by Gasteiger charge is -2.21. The third-order valence-corrected chi connectivity index (χ3v) is 20.0. The van der Waals surface area contributed by atoms with Crippen LogP contribution in [-0.4, -0.2) is 26.4 Å². The highest BCUT2D eigenvalue weighted by atomic mass is 16.5. The molecular formula is C88H144N2O4. The van der Waals surface area contributed by atoms with E-state index < -0.39 is 0 Å². The smallest absolute Gasteiger partial charge is 0.126 e. The summed E-state index contributed by atoms with van der Waals surface area (Å²) in [5.74, 6) is 5.25. The zero-order chi connectivity index (χ0) is 67.6. The van der Waals surface area contributed by atoms with Crippen LogP contribution in [0.3, 0.4) is 0 Å². The van der Waals surface area contributed by atoms with Crippen molar-refractivity contribution in [2.75, 3.05) is 26.4 Å². The van der Waals surface area contributed by atoms with Crippen molar-refractivity contribution in [1.29, 1.82) is 10.5 Å². The first kappa shape index (κ1) is 83.5. The second-order valence-electron chi connectivity index (χ2n) is 28.6. The van der Waals surface area contributed by atoms with Crippen LogP contribution in [0.2, 0.25) is 0 Å². The summed E-state index contributed by atoms with van der Waals surface area (Å²) in [6.45, 7) is 21.1. The lowest BCUT2D eigenvalue weighted by Crippen LogP contribution is -2.14. The lowest BCUT2D eigenvalue weighted by atomic mass is 9.94. The quantitative estimate of drug-likeness (QED) is 0.0318. The molecule has 0 fully saturated rings. The molecule has 3 rings (SSSR count). The molecule has 3 aromatic rings. The Morgan fingerprint density at radius 2 is 0.500 bits per heavy atom. The first-order chi connectivity index (χ1) is 46.3. The van der Waals surface area contributed by atoms with Crippen molar-refractivity contribution < 1.29 is 18.9 Å². The van der Waals surface area contributed by atoms with Gasteiger partial charge < -0.3 is 18.9 Å². The second kappa shape index (κ2) is 58.5. The summed E-state index contributed by atoms with van der Waals surface area (Å²) in [7, 11) is 0. The highest BCUT2D eigenvalue weighted by Crippen LogP contribution is 2.35. The van der Waals surface area contributed by atoms with Gasteiger partial charge >= 0.3 is 0 Å². The zero-order valence-corrected chi connectivity index (χ0v) is 62.5. The number of allylic oxidation sites excluding steroid dienone is 2. The Labute approximate surface area is 581 Å². The Bertz CT molecular complexity index is 2240. The zero-order valence-electron chi connectivity index (χ0n) is 62.5. The molecule has 94 heavy (non-hydrogen) atoms. The molecule has 4 unspecified atom stereocenters. The fraction of sp³-hybridized carbons (Fsp3) is 0.727. The van der Waals surface area contributed by atoms with Gasteiger partial charge in [0.25, 0.3) is 0 Å². The molecule has 530 valence electrons. The number of unbranched alkanes of at least 4 members (excludes halogenated alkanes) is 32. The summed E-state index contributed by atoms with van der Waals surface area (Å²) >= 11 is 0. The van der Waals surface area contributed by atoms with Gasteiger partial charge in [-0.1, -0.05) is 336 Å². The normalized spacial score (nSPS) is 13.1. The van der Waals surface area contributed by atoms with E-state index in [0.29, 0.717) is 61.2 Å². The van der Waals surface area contributed by atoms with Crippen LogP contribution in [0.1, 0.15) is 386 Å². The van der Waals surface area contributed by atoms with Gasteiger partial charge in [-0.3, -0.25) is 0 Å². The van der Waals surface area contributed by atoms with Gasteiger partial charge in [0.1, 0.15) is 23.0 Å². The van der Waals surface area contributed by atoms with Gasteiger partial charge in [0.15, 0.2) is 0 Å². The summed E-state index contributed by atoms with van der Waals surface area (Å²) in [5.41, 5.74) is 4.41. The molecule has 0 N–H and O–H groups in total. The third kappa shape index (κ3) is 40.1. The highest BCUT2D eigenvalue weighted by molar-refractivity contribution is 5.93. The summed E-state index contributed by atoms with van der Waals surface area (Å²) < 4.78 is 27.4. The van der Waals surface area contributed by atoms with Crippen molar-refractivity contribution in [3.05, 3.63) is 82.9 Å². The Hall–Kier alpha value is -4.68. The lowest BCUT2D eigenvalue weighted by molar-refractivity contribution is 0.219. The van der Waals surface area contributed by atoms with Crippen LogP contribution in [0, 0.1) is 46.3 Å². The number of hydrogen-bond donors (Lipinski definition) is 0. The number of rotatable bonds is 64. The van der Waals surface area contributed by atoms with Crippen molar-refractivity contribution in [1.82, 2.24) is 0 Å². The van der Waals surface area contributed by atoms with E-state index in [9.17, 15) is 10.5 Å². The largest absolute Gasteiger partial charge is 0.493 e. The third-order valence-electron chi connectivity index (χ3n) is 20.0. The minimum Gasteiger partial charge on any atom is -0.493 e. The van der Waals surface area contributed by atoms with E-state index in [1.165, 1.54) is 308 Å². The monoisotopic (exact) mass is 1290 g/mol. The maximum atomic E-state index is 11.1. The first-order valence-electron chi connectivity index (χ1n) is 40.4. The van der Waals surface area contributed by atoms with E-state index in [1.807, 2.05) is 36.4 Å². The molecule has 6 nitrogen and oxygen atoms in total. The summed E-state index contributed by atoms with van der Waals surface area (Å²) in [5, 5.41) is 22.1. The van der Waals surface area contributed by atoms with E-state index in [1.54, 1.807) is 0 Å². The van der Waals surface area contributed by atoms with Gasteiger partial charge in [-0.05, 0) is 135 Å².